The van der Waals surface area contributed by atoms with Gasteiger partial charge in [0, 0.05) is 24.2 Å². The molecule has 6 N–H and O–H groups in total. The molecule has 7 nitrogen and oxygen atoms in total. The lowest BCUT2D eigenvalue weighted by molar-refractivity contribution is -0.134. The minimum atomic E-state index is -0.888. The van der Waals surface area contributed by atoms with Crippen molar-refractivity contribution in [2.24, 2.45) is 5.73 Å². The fourth-order valence-electron chi connectivity index (χ4n) is 5.28. The van der Waals surface area contributed by atoms with E-state index in [1.165, 1.54) is 0 Å². The van der Waals surface area contributed by atoms with Crippen molar-refractivity contribution in [2.45, 2.75) is 88.4 Å². The lowest BCUT2D eigenvalue weighted by atomic mass is 9.93. The summed E-state index contributed by atoms with van der Waals surface area (Å²) in [7, 11) is 1.95. The van der Waals surface area contributed by atoms with E-state index < -0.39 is 11.6 Å². The number of rotatable bonds is 16. The van der Waals surface area contributed by atoms with Crippen LogP contribution in [-0.2, 0) is 22.4 Å². The summed E-state index contributed by atoms with van der Waals surface area (Å²) in [6, 6.07) is 19.0. The standard InChI is InChI=1S/C32H47N5O2/c1-24(14-10-13-21-34-3)35-31(39)32(19-11-12-20-32)37-30(38)29(23-27-17-8-5-9-18-27)36-25(2)28(33)22-26-15-6-4-7-16-26/h4-9,15-18,24,28-29,34,36H,2,10-14,19-23,33H2,1,3H3,(H,35,39)(H,37,38). The van der Waals surface area contributed by atoms with Crippen molar-refractivity contribution in [1.29, 1.82) is 0 Å². The van der Waals surface area contributed by atoms with Gasteiger partial charge in [0.05, 0.1) is 0 Å². The molecule has 7 heteroatoms. The maximum Gasteiger partial charge on any atom is 0.245 e. The van der Waals surface area contributed by atoms with Gasteiger partial charge in [0.25, 0.3) is 0 Å². The van der Waals surface area contributed by atoms with Crippen LogP contribution in [0.15, 0.2) is 72.9 Å². The largest absolute Gasteiger partial charge is 0.376 e. The molecule has 2 aromatic rings. The van der Waals surface area contributed by atoms with Crippen LogP contribution in [0, 0.1) is 0 Å². The number of unbranched alkanes of at least 4 members (excludes halogenated alkanes) is 1. The van der Waals surface area contributed by atoms with E-state index in [0.717, 1.165) is 49.8 Å². The predicted molar refractivity (Wildman–Crippen MR) is 159 cm³/mol. The van der Waals surface area contributed by atoms with Crippen LogP contribution in [0.25, 0.3) is 0 Å². The Bertz CT molecular complexity index is 1040. The van der Waals surface area contributed by atoms with Crippen molar-refractivity contribution in [2.75, 3.05) is 13.6 Å². The monoisotopic (exact) mass is 533 g/mol. The minimum absolute atomic E-state index is 0.0535. The summed E-state index contributed by atoms with van der Waals surface area (Å²) in [5.41, 5.74) is 8.33. The van der Waals surface area contributed by atoms with E-state index in [9.17, 15) is 9.59 Å². The summed E-state index contributed by atoms with van der Waals surface area (Å²) in [6.45, 7) is 7.19. The second kappa shape index (κ2) is 15.4. The van der Waals surface area contributed by atoms with Crippen LogP contribution in [0.5, 0.6) is 0 Å². The number of carbonyl (C=O) groups excluding carboxylic acids is 2. The Kier molecular flexibility index (Phi) is 12.0. The van der Waals surface area contributed by atoms with Crippen LogP contribution in [0.2, 0.25) is 0 Å². The topological polar surface area (TPSA) is 108 Å². The molecular weight excluding hydrogens is 486 g/mol. The van der Waals surface area contributed by atoms with Gasteiger partial charge < -0.3 is 27.0 Å². The highest BCUT2D eigenvalue weighted by Gasteiger charge is 2.43. The zero-order valence-corrected chi connectivity index (χ0v) is 23.7. The van der Waals surface area contributed by atoms with Crippen molar-refractivity contribution in [3.05, 3.63) is 84.1 Å². The summed E-state index contributed by atoms with van der Waals surface area (Å²) in [5.74, 6) is -0.279. The van der Waals surface area contributed by atoms with Gasteiger partial charge in [0.15, 0.2) is 0 Å². The highest BCUT2D eigenvalue weighted by Crippen LogP contribution is 2.30. The van der Waals surface area contributed by atoms with E-state index in [4.69, 9.17) is 5.73 Å². The molecule has 39 heavy (non-hydrogen) atoms. The van der Waals surface area contributed by atoms with E-state index >= 15 is 0 Å². The number of benzene rings is 2. The molecule has 0 aliphatic heterocycles. The third kappa shape index (κ3) is 9.52. The fraction of sp³-hybridized carbons (Fsp3) is 0.500. The molecule has 212 valence electrons. The van der Waals surface area contributed by atoms with Gasteiger partial charge in [0.2, 0.25) is 11.8 Å². The molecule has 2 amide bonds. The van der Waals surface area contributed by atoms with Crippen molar-refractivity contribution >= 4 is 11.8 Å². The smallest absolute Gasteiger partial charge is 0.245 e. The van der Waals surface area contributed by atoms with Gasteiger partial charge in [0.1, 0.15) is 11.6 Å². The first kappa shape index (κ1) is 30.4. The van der Waals surface area contributed by atoms with Crippen LogP contribution in [0.3, 0.4) is 0 Å². The summed E-state index contributed by atoms with van der Waals surface area (Å²) in [5, 5.41) is 12.9. The molecule has 0 saturated heterocycles. The molecule has 1 aliphatic rings. The Morgan fingerprint density at radius 3 is 2.10 bits per heavy atom. The van der Waals surface area contributed by atoms with E-state index in [-0.39, 0.29) is 23.9 Å². The van der Waals surface area contributed by atoms with Gasteiger partial charge in [-0.15, -0.1) is 0 Å². The highest BCUT2D eigenvalue weighted by atomic mass is 16.2. The van der Waals surface area contributed by atoms with Gasteiger partial charge in [-0.1, -0.05) is 86.5 Å². The van der Waals surface area contributed by atoms with Crippen LogP contribution in [-0.4, -0.2) is 49.1 Å². The van der Waals surface area contributed by atoms with Crippen molar-refractivity contribution in [1.82, 2.24) is 21.3 Å². The molecule has 3 atom stereocenters. The van der Waals surface area contributed by atoms with Gasteiger partial charge in [-0.3, -0.25) is 9.59 Å². The summed E-state index contributed by atoms with van der Waals surface area (Å²) in [6.07, 6.45) is 7.21. The number of carbonyl (C=O) groups is 2. The Hall–Kier alpha value is -3.16. The lowest BCUT2D eigenvalue weighted by Crippen LogP contribution is -2.62. The molecule has 1 saturated carbocycles. The summed E-state index contributed by atoms with van der Waals surface area (Å²) < 4.78 is 0. The molecule has 0 radical (unpaired) electrons. The highest BCUT2D eigenvalue weighted by molar-refractivity contribution is 5.93. The fourth-order valence-corrected chi connectivity index (χ4v) is 5.28. The van der Waals surface area contributed by atoms with E-state index in [1.54, 1.807) is 0 Å². The van der Waals surface area contributed by atoms with Crippen LogP contribution in [0.1, 0.15) is 63.0 Å². The first-order valence-corrected chi connectivity index (χ1v) is 14.4. The Balaban J connectivity index is 1.69. The van der Waals surface area contributed by atoms with E-state index in [1.807, 2.05) is 74.6 Å². The van der Waals surface area contributed by atoms with Crippen LogP contribution < -0.4 is 27.0 Å². The number of hydrogen-bond acceptors (Lipinski definition) is 5. The quantitative estimate of drug-likeness (QED) is 0.212. The maximum absolute atomic E-state index is 13.8. The van der Waals surface area contributed by atoms with Crippen molar-refractivity contribution in [3.8, 4) is 0 Å². The molecule has 0 bridgehead atoms. The van der Waals surface area contributed by atoms with Gasteiger partial charge >= 0.3 is 0 Å². The molecular formula is C32H47N5O2. The number of hydrogen-bond donors (Lipinski definition) is 5. The number of nitrogens with one attached hydrogen (secondary N) is 4. The maximum atomic E-state index is 13.8. The summed E-state index contributed by atoms with van der Waals surface area (Å²) >= 11 is 0. The Morgan fingerprint density at radius 2 is 1.51 bits per heavy atom. The summed E-state index contributed by atoms with van der Waals surface area (Å²) in [4.78, 5) is 27.3. The molecule has 0 spiro atoms. The average molecular weight is 534 g/mol. The molecule has 1 aliphatic carbocycles. The average Bonchev–Trinajstić information content (AvgIpc) is 3.41. The first-order chi connectivity index (χ1) is 18.8. The second-order valence-electron chi connectivity index (χ2n) is 11.0. The second-order valence-corrected chi connectivity index (χ2v) is 11.0. The molecule has 0 aromatic heterocycles. The zero-order valence-electron chi connectivity index (χ0n) is 23.7. The molecule has 2 aromatic carbocycles. The molecule has 1 fully saturated rings. The molecule has 0 heterocycles. The number of nitrogens with two attached hydrogens (primary N) is 1. The van der Waals surface area contributed by atoms with Gasteiger partial charge in [-0.2, -0.15) is 0 Å². The van der Waals surface area contributed by atoms with Crippen molar-refractivity contribution in [3.63, 3.8) is 0 Å². The molecule has 3 unspecified atom stereocenters. The Morgan fingerprint density at radius 1 is 0.923 bits per heavy atom. The number of amides is 2. The SMILES string of the molecule is C=C(NC(Cc1ccccc1)C(=O)NC1(C(=O)NC(C)CCCCNC)CCCC1)C(N)Cc1ccccc1. The first-order valence-electron chi connectivity index (χ1n) is 14.4. The van der Waals surface area contributed by atoms with Crippen molar-refractivity contribution < 1.29 is 9.59 Å². The third-order valence-electron chi connectivity index (χ3n) is 7.65. The van der Waals surface area contributed by atoms with Gasteiger partial charge in [-0.05, 0) is 63.7 Å². The van der Waals surface area contributed by atoms with Gasteiger partial charge in [-0.25, -0.2) is 0 Å². The normalized spacial score (nSPS) is 16.6. The van der Waals surface area contributed by atoms with E-state index in [2.05, 4.69) is 27.8 Å². The minimum Gasteiger partial charge on any atom is -0.376 e. The predicted octanol–water partition coefficient (Wildman–Crippen LogP) is 3.59. The zero-order chi connectivity index (χ0) is 28.1. The van der Waals surface area contributed by atoms with E-state index in [0.29, 0.717) is 31.4 Å². The molecule has 3 rings (SSSR count). The van der Waals surface area contributed by atoms with Crippen LogP contribution in [0.4, 0.5) is 0 Å². The Labute approximate surface area is 234 Å². The van der Waals surface area contributed by atoms with Crippen LogP contribution >= 0.6 is 0 Å². The third-order valence-corrected chi connectivity index (χ3v) is 7.65. The lowest BCUT2D eigenvalue weighted by Gasteiger charge is -2.33.